The highest BCUT2D eigenvalue weighted by Gasteiger charge is 2.16. The van der Waals surface area contributed by atoms with Gasteiger partial charge in [0, 0.05) is 6.04 Å². The van der Waals surface area contributed by atoms with E-state index in [2.05, 4.69) is 10.0 Å². The summed E-state index contributed by atoms with van der Waals surface area (Å²) in [5.74, 6) is -0.285. The zero-order valence-corrected chi connectivity index (χ0v) is 15.0. The van der Waals surface area contributed by atoms with Crippen molar-refractivity contribution in [3.05, 3.63) is 59.1 Å². The van der Waals surface area contributed by atoms with Gasteiger partial charge >= 0.3 is 0 Å². The quantitative estimate of drug-likeness (QED) is 0.819. The van der Waals surface area contributed by atoms with Crippen LogP contribution >= 0.6 is 11.6 Å². The number of carbonyl (C=O) groups is 1. The predicted octanol–water partition coefficient (Wildman–Crippen LogP) is 3.67. The van der Waals surface area contributed by atoms with E-state index in [1.54, 1.807) is 18.2 Å². The topological polar surface area (TPSA) is 75.3 Å². The van der Waals surface area contributed by atoms with Gasteiger partial charge < -0.3 is 5.32 Å². The molecule has 0 aliphatic rings. The summed E-state index contributed by atoms with van der Waals surface area (Å²) in [5, 5.41) is 3.00. The Balaban J connectivity index is 2.20. The molecule has 0 aromatic heterocycles. The summed E-state index contributed by atoms with van der Waals surface area (Å²) in [6.07, 6.45) is 0.804. The van der Waals surface area contributed by atoms with Crippen molar-refractivity contribution in [1.29, 1.82) is 0 Å². The fourth-order valence-corrected chi connectivity index (χ4v) is 3.32. The van der Waals surface area contributed by atoms with Crippen molar-refractivity contribution in [2.45, 2.75) is 31.2 Å². The molecule has 0 saturated carbocycles. The van der Waals surface area contributed by atoms with E-state index in [1.165, 1.54) is 30.3 Å². The van der Waals surface area contributed by atoms with Crippen molar-refractivity contribution in [1.82, 2.24) is 5.32 Å². The van der Waals surface area contributed by atoms with E-state index >= 15 is 0 Å². The minimum atomic E-state index is -3.70. The third-order valence-electron chi connectivity index (χ3n) is 3.51. The molecule has 0 aliphatic carbocycles. The van der Waals surface area contributed by atoms with Crippen LogP contribution in [0.5, 0.6) is 0 Å². The molecule has 0 saturated heterocycles. The lowest BCUT2D eigenvalue weighted by molar-refractivity contribution is 0.0939. The van der Waals surface area contributed by atoms with Crippen molar-refractivity contribution >= 4 is 33.2 Å². The first-order valence-electron chi connectivity index (χ1n) is 7.51. The number of hydrogen-bond acceptors (Lipinski definition) is 3. The Morgan fingerprint density at radius 2 is 1.83 bits per heavy atom. The van der Waals surface area contributed by atoms with Crippen LogP contribution in [-0.2, 0) is 10.0 Å². The summed E-state index contributed by atoms with van der Waals surface area (Å²) in [4.78, 5) is 12.3. The number of rotatable bonds is 6. The van der Waals surface area contributed by atoms with Gasteiger partial charge in [0.25, 0.3) is 15.9 Å². The second-order valence-electron chi connectivity index (χ2n) is 5.40. The molecule has 0 spiro atoms. The summed E-state index contributed by atoms with van der Waals surface area (Å²) in [6.45, 7) is 3.86. The maximum atomic E-state index is 12.3. The van der Waals surface area contributed by atoms with Crippen LogP contribution in [0.4, 0.5) is 5.69 Å². The van der Waals surface area contributed by atoms with E-state index in [-0.39, 0.29) is 21.9 Å². The average molecular weight is 367 g/mol. The third kappa shape index (κ3) is 4.49. The van der Waals surface area contributed by atoms with E-state index in [4.69, 9.17) is 11.6 Å². The first kappa shape index (κ1) is 18.3. The number of hydrogen-bond donors (Lipinski definition) is 2. The Morgan fingerprint density at radius 3 is 2.42 bits per heavy atom. The summed E-state index contributed by atoms with van der Waals surface area (Å²) in [5.41, 5.74) is 0.601. The van der Waals surface area contributed by atoms with Gasteiger partial charge in [-0.1, -0.05) is 36.7 Å². The average Bonchev–Trinajstić information content (AvgIpc) is 2.55. The zero-order valence-electron chi connectivity index (χ0n) is 13.4. The molecule has 128 valence electrons. The van der Waals surface area contributed by atoms with E-state index in [0.717, 1.165) is 6.42 Å². The Bertz CT molecular complexity index is 823. The van der Waals surface area contributed by atoms with E-state index < -0.39 is 10.0 Å². The summed E-state index contributed by atoms with van der Waals surface area (Å²) >= 11 is 6.13. The largest absolute Gasteiger partial charge is 0.350 e. The molecule has 1 unspecified atom stereocenters. The van der Waals surface area contributed by atoms with Crippen molar-refractivity contribution in [3.8, 4) is 0 Å². The third-order valence-corrected chi connectivity index (χ3v) is 5.22. The van der Waals surface area contributed by atoms with E-state index in [9.17, 15) is 13.2 Å². The fourth-order valence-electron chi connectivity index (χ4n) is 1.98. The normalized spacial score (nSPS) is 12.5. The molecular weight excluding hydrogens is 348 g/mol. The van der Waals surface area contributed by atoms with Crippen LogP contribution in [0.3, 0.4) is 0 Å². The minimum absolute atomic E-state index is 0.0322. The molecule has 2 N–H and O–H groups in total. The van der Waals surface area contributed by atoms with Crippen LogP contribution in [-0.4, -0.2) is 20.4 Å². The van der Waals surface area contributed by atoms with Crippen molar-refractivity contribution in [2.75, 3.05) is 4.72 Å². The van der Waals surface area contributed by atoms with Crippen LogP contribution in [0.2, 0.25) is 5.02 Å². The number of anilines is 1. The Kier molecular flexibility index (Phi) is 5.85. The molecule has 0 aliphatic heterocycles. The number of benzene rings is 2. The summed E-state index contributed by atoms with van der Waals surface area (Å²) in [7, 11) is -3.70. The molecule has 0 radical (unpaired) electrons. The van der Waals surface area contributed by atoms with Gasteiger partial charge in [-0.15, -0.1) is 0 Å². The van der Waals surface area contributed by atoms with E-state index in [1.807, 2.05) is 13.8 Å². The first-order chi connectivity index (χ1) is 11.3. The highest BCUT2D eigenvalue weighted by atomic mass is 35.5. The molecule has 0 heterocycles. The highest BCUT2D eigenvalue weighted by Crippen LogP contribution is 2.23. The molecule has 5 nitrogen and oxygen atoms in total. The number of amides is 1. The molecule has 1 atom stereocenters. The maximum absolute atomic E-state index is 12.3. The molecule has 7 heteroatoms. The van der Waals surface area contributed by atoms with Crippen molar-refractivity contribution in [2.24, 2.45) is 0 Å². The standard InChI is InChI=1S/C17H19ClN2O3S/c1-3-12(2)19-17(21)15-10-9-13(11-16(15)18)20-24(22,23)14-7-5-4-6-8-14/h4-12,20H,3H2,1-2H3,(H,19,21). The van der Waals surface area contributed by atoms with Gasteiger partial charge in [-0.05, 0) is 43.7 Å². The van der Waals surface area contributed by atoms with Gasteiger partial charge in [0.1, 0.15) is 0 Å². The SMILES string of the molecule is CCC(C)NC(=O)c1ccc(NS(=O)(=O)c2ccccc2)cc1Cl. The molecule has 2 rings (SSSR count). The van der Waals surface area contributed by atoms with Crippen LogP contribution in [0.25, 0.3) is 0 Å². The molecule has 24 heavy (non-hydrogen) atoms. The van der Waals surface area contributed by atoms with Crippen molar-refractivity contribution < 1.29 is 13.2 Å². The van der Waals surface area contributed by atoms with Crippen LogP contribution in [0, 0.1) is 0 Å². The highest BCUT2D eigenvalue weighted by molar-refractivity contribution is 7.92. The van der Waals surface area contributed by atoms with Gasteiger partial charge in [0.2, 0.25) is 0 Å². The molecule has 0 fully saturated rings. The minimum Gasteiger partial charge on any atom is -0.350 e. The van der Waals surface area contributed by atoms with Gasteiger partial charge in [-0.3, -0.25) is 9.52 Å². The number of sulfonamides is 1. The summed E-state index contributed by atoms with van der Waals surface area (Å²) in [6, 6.07) is 12.5. The van der Waals surface area contributed by atoms with E-state index in [0.29, 0.717) is 11.3 Å². The van der Waals surface area contributed by atoms with Gasteiger partial charge in [-0.2, -0.15) is 0 Å². The van der Waals surface area contributed by atoms with Crippen molar-refractivity contribution in [3.63, 3.8) is 0 Å². The molecule has 1 amide bonds. The maximum Gasteiger partial charge on any atom is 0.261 e. The lowest BCUT2D eigenvalue weighted by atomic mass is 10.1. The zero-order chi connectivity index (χ0) is 17.7. The predicted molar refractivity (Wildman–Crippen MR) is 95.9 cm³/mol. The van der Waals surface area contributed by atoms with Gasteiger partial charge in [0.05, 0.1) is 21.2 Å². The lowest BCUT2D eigenvalue weighted by Gasteiger charge is -2.13. The second-order valence-corrected chi connectivity index (χ2v) is 7.49. The first-order valence-corrected chi connectivity index (χ1v) is 9.38. The molecular formula is C17H19ClN2O3S. The molecule has 2 aromatic rings. The Morgan fingerprint density at radius 1 is 1.17 bits per heavy atom. The van der Waals surface area contributed by atoms with Gasteiger partial charge in [0.15, 0.2) is 0 Å². The number of carbonyl (C=O) groups excluding carboxylic acids is 1. The van der Waals surface area contributed by atoms with Crippen LogP contribution in [0.1, 0.15) is 30.6 Å². The van der Waals surface area contributed by atoms with Crippen LogP contribution in [0.15, 0.2) is 53.4 Å². The fraction of sp³-hybridized carbons (Fsp3) is 0.235. The second kappa shape index (κ2) is 7.68. The Hall–Kier alpha value is -2.05. The van der Waals surface area contributed by atoms with Gasteiger partial charge in [-0.25, -0.2) is 8.42 Å². The molecule has 0 bridgehead atoms. The smallest absolute Gasteiger partial charge is 0.261 e. The van der Waals surface area contributed by atoms with Crippen LogP contribution < -0.4 is 10.0 Å². The number of nitrogens with one attached hydrogen (secondary N) is 2. The monoisotopic (exact) mass is 366 g/mol. The lowest BCUT2D eigenvalue weighted by Crippen LogP contribution is -2.32. The Labute approximate surface area is 147 Å². The number of halogens is 1. The summed E-state index contributed by atoms with van der Waals surface area (Å²) < 4.78 is 27.0. The molecule has 2 aromatic carbocycles.